The molecule has 0 fully saturated rings. The largest absolute Gasteiger partial charge is 0.325 e. The minimum absolute atomic E-state index is 0.0415. The van der Waals surface area contributed by atoms with Crippen LogP contribution in [0.25, 0.3) is 0 Å². The third kappa shape index (κ3) is 3.62. The van der Waals surface area contributed by atoms with Crippen molar-refractivity contribution in [2.75, 3.05) is 16.0 Å². The number of hydrogen-bond acceptors (Lipinski definition) is 2. The van der Waals surface area contributed by atoms with Gasteiger partial charge < -0.3 is 10.6 Å². The Labute approximate surface area is 100 Å². The normalized spacial score (nSPS) is 9.69. The maximum atomic E-state index is 13.2. The molecule has 0 aliphatic heterocycles. The van der Waals surface area contributed by atoms with E-state index in [1.165, 1.54) is 25.1 Å². The Bertz CT molecular complexity index is 423. The van der Waals surface area contributed by atoms with E-state index in [9.17, 15) is 14.0 Å². The van der Waals surface area contributed by atoms with E-state index in [1.54, 1.807) is 0 Å². The first-order chi connectivity index (χ1) is 7.52. The van der Waals surface area contributed by atoms with Gasteiger partial charge in [0.05, 0.1) is 11.0 Å². The van der Waals surface area contributed by atoms with E-state index >= 15 is 0 Å². The SMILES string of the molecule is CC(=O)Nc1cc(NC(=O)CBr)ccc1F. The second-order valence-corrected chi connectivity index (χ2v) is 3.62. The van der Waals surface area contributed by atoms with Crippen molar-refractivity contribution in [3.63, 3.8) is 0 Å². The van der Waals surface area contributed by atoms with Crippen molar-refractivity contribution in [2.45, 2.75) is 6.92 Å². The van der Waals surface area contributed by atoms with Crippen molar-refractivity contribution < 1.29 is 14.0 Å². The average Bonchev–Trinajstić information content (AvgIpc) is 2.22. The molecule has 0 saturated carbocycles. The van der Waals surface area contributed by atoms with Gasteiger partial charge in [-0.1, -0.05) is 15.9 Å². The van der Waals surface area contributed by atoms with Crippen LogP contribution in [0.15, 0.2) is 18.2 Å². The molecule has 1 aromatic rings. The second-order valence-electron chi connectivity index (χ2n) is 3.06. The van der Waals surface area contributed by atoms with E-state index in [2.05, 4.69) is 26.6 Å². The molecule has 86 valence electrons. The van der Waals surface area contributed by atoms with Gasteiger partial charge in [0.25, 0.3) is 0 Å². The molecule has 0 heterocycles. The standard InChI is InChI=1S/C10H10BrFN2O2/c1-6(15)13-9-4-7(2-3-8(9)12)14-10(16)5-11/h2-4H,5H2,1H3,(H,13,15)(H,14,16). The zero-order chi connectivity index (χ0) is 12.1. The van der Waals surface area contributed by atoms with E-state index in [1.807, 2.05) is 0 Å². The molecule has 0 aromatic heterocycles. The summed E-state index contributed by atoms with van der Waals surface area (Å²) in [6, 6.07) is 3.95. The van der Waals surface area contributed by atoms with E-state index in [0.717, 1.165) is 0 Å². The number of carbonyl (C=O) groups is 2. The number of carbonyl (C=O) groups excluding carboxylic acids is 2. The molecule has 1 rings (SSSR count). The van der Waals surface area contributed by atoms with E-state index in [0.29, 0.717) is 5.69 Å². The first-order valence-electron chi connectivity index (χ1n) is 4.46. The summed E-state index contributed by atoms with van der Waals surface area (Å²) in [5.41, 5.74) is 0.467. The van der Waals surface area contributed by atoms with Crippen LogP contribution in [-0.2, 0) is 9.59 Å². The highest BCUT2D eigenvalue weighted by molar-refractivity contribution is 9.09. The van der Waals surface area contributed by atoms with Crippen LogP contribution in [0.4, 0.5) is 15.8 Å². The third-order valence-corrected chi connectivity index (χ3v) is 2.19. The summed E-state index contributed by atoms with van der Waals surface area (Å²) in [6.45, 7) is 1.28. The van der Waals surface area contributed by atoms with Crippen molar-refractivity contribution in [1.29, 1.82) is 0 Å². The summed E-state index contributed by atoms with van der Waals surface area (Å²) in [4.78, 5) is 21.8. The first kappa shape index (κ1) is 12.6. The Morgan fingerprint density at radius 3 is 2.62 bits per heavy atom. The molecule has 2 N–H and O–H groups in total. The summed E-state index contributed by atoms with van der Waals surface area (Å²) in [6.07, 6.45) is 0. The Morgan fingerprint density at radius 1 is 1.38 bits per heavy atom. The molecule has 0 atom stereocenters. The quantitative estimate of drug-likeness (QED) is 0.837. The predicted octanol–water partition coefficient (Wildman–Crippen LogP) is 2.12. The molecule has 0 unspecified atom stereocenters. The maximum Gasteiger partial charge on any atom is 0.235 e. The van der Waals surface area contributed by atoms with Gasteiger partial charge in [-0.2, -0.15) is 0 Å². The predicted molar refractivity (Wildman–Crippen MR) is 63.1 cm³/mol. The third-order valence-electron chi connectivity index (χ3n) is 1.68. The number of alkyl halides is 1. The highest BCUT2D eigenvalue weighted by atomic mass is 79.9. The lowest BCUT2D eigenvalue weighted by atomic mass is 10.2. The number of anilines is 2. The van der Waals surface area contributed by atoms with Gasteiger partial charge in [-0.3, -0.25) is 9.59 Å². The number of amides is 2. The zero-order valence-electron chi connectivity index (χ0n) is 8.51. The Morgan fingerprint density at radius 2 is 2.06 bits per heavy atom. The van der Waals surface area contributed by atoms with Crippen LogP contribution in [-0.4, -0.2) is 17.1 Å². The Balaban J connectivity index is 2.88. The van der Waals surface area contributed by atoms with Crippen LogP contribution < -0.4 is 10.6 Å². The number of halogens is 2. The number of rotatable bonds is 3. The molecule has 1 aromatic carbocycles. The first-order valence-corrected chi connectivity index (χ1v) is 5.58. The lowest BCUT2D eigenvalue weighted by Crippen LogP contribution is -2.13. The van der Waals surface area contributed by atoms with Gasteiger partial charge in [-0.15, -0.1) is 0 Å². The highest BCUT2D eigenvalue weighted by Crippen LogP contribution is 2.19. The highest BCUT2D eigenvalue weighted by Gasteiger charge is 2.06. The topological polar surface area (TPSA) is 58.2 Å². The van der Waals surface area contributed by atoms with Crippen molar-refractivity contribution in [3.05, 3.63) is 24.0 Å². The van der Waals surface area contributed by atoms with Gasteiger partial charge in [0.15, 0.2) is 0 Å². The number of benzene rings is 1. The fourth-order valence-electron chi connectivity index (χ4n) is 1.08. The fourth-order valence-corrected chi connectivity index (χ4v) is 1.22. The fraction of sp³-hybridized carbons (Fsp3) is 0.200. The van der Waals surface area contributed by atoms with Crippen LogP contribution in [0.2, 0.25) is 0 Å². The van der Waals surface area contributed by atoms with E-state index in [-0.39, 0.29) is 22.8 Å². The smallest absolute Gasteiger partial charge is 0.235 e. The lowest BCUT2D eigenvalue weighted by molar-refractivity contribution is -0.114. The van der Waals surface area contributed by atoms with Crippen LogP contribution in [0, 0.1) is 5.82 Å². The summed E-state index contributed by atoms with van der Waals surface area (Å²) < 4.78 is 13.2. The lowest BCUT2D eigenvalue weighted by Gasteiger charge is -2.07. The zero-order valence-corrected chi connectivity index (χ0v) is 10.1. The van der Waals surface area contributed by atoms with Gasteiger partial charge in [0, 0.05) is 12.6 Å². The van der Waals surface area contributed by atoms with Crippen LogP contribution in [0.5, 0.6) is 0 Å². The van der Waals surface area contributed by atoms with Crippen molar-refractivity contribution in [2.24, 2.45) is 0 Å². The number of nitrogens with one attached hydrogen (secondary N) is 2. The Kier molecular flexibility index (Phi) is 4.42. The summed E-state index contributed by atoms with van der Waals surface area (Å²) in [5.74, 6) is -1.17. The van der Waals surface area contributed by atoms with Crippen LogP contribution >= 0.6 is 15.9 Å². The van der Waals surface area contributed by atoms with Gasteiger partial charge in [-0.25, -0.2) is 4.39 Å². The van der Waals surface area contributed by atoms with Crippen molar-refractivity contribution in [1.82, 2.24) is 0 Å². The van der Waals surface area contributed by atoms with Crippen molar-refractivity contribution in [3.8, 4) is 0 Å². The maximum absolute atomic E-state index is 13.2. The molecule has 0 bridgehead atoms. The average molecular weight is 289 g/mol. The molecular weight excluding hydrogens is 279 g/mol. The molecule has 4 nitrogen and oxygen atoms in total. The molecule has 0 aliphatic carbocycles. The van der Waals surface area contributed by atoms with E-state index in [4.69, 9.17) is 0 Å². The minimum Gasteiger partial charge on any atom is -0.325 e. The molecule has 2 amide bonds. The summed E-state index contributed by atoms with van der Waals surface area (Å²) >= 11 is 2.99. The molecular formula is C10H10BrFN2O2. The van der Waals surface area contributed by atoms with Gasteiger partial charge in [0.1, 0.15) is 5.82 Å². The van der Waals surface area contributed by atoms with Gasteiger partial charge in [-0.05, 0) is 18.2 Å². The molecule has 0 aliphatic rings. The minimum atomic E-state index is -0.549. The molecule has 0 spiro atoms. The monoisotopic (exact) mass is 288 g/mol. The molecule has 16 heavy (non-hydrogen) atoms. The molecule has 6 heteroatoms. The second kappa shape index (κ2) is 5.60. The summed E-state index contributed by atoms with van der Waals surface area (Å²) in [5, 5.41) is 5.01. The summed E-state index contributed by atoms with van der Waals surface area (Å²) in [7, 11) is 0. The van der Waals surface area contributed by atoms with Crippen LogP contribution in [0.3, 0.4) is 0 Å². The molecule has 0 saturated heterocycles. The number of hydrogen-bond donors (Lipinski definition) is 2. The van der Waals surface area contributed by atoms with Gasteiger partial charge >= 0.3 is 0 Å². The van der Waals surface area contributed by atoms with Crippen LogP contribution in [0.1, 0.15) is 6.92 Å². The molecule has 0 radical (unpaired) electrons. The Hall–Kier alpha value is -1.43. The van der Waals surface area contributed by atoms with Gasteiger partial charge in [0.2, 0.25) is 11.8 Å². The van der Waals surface area contributed by atoms with E-state index < -0.39 is 5.82 Å². The van der Waals surface area contributed by atoms with Crippen molar-refractivity contribution >= 4 is 39.1 Å².